The molecule has 2 aliphatic rings. The molecule has 4 amide bonds. The smallest absolute Gasteiger partial charge is 0.259 e. The summed E-state index contributed by atoms with van der Waals surface area (Å²) in [5.74, 6) is -1.38. The van der Waals surface area contributed by atoms with Gasteiger partial charge < -0.3 is 39.4 Å². The second-order valence-electron chi connectivity index (χ2n) is 18.4. The predicted molar refractivity (Wildman–Crippen MR) is 261 cm³/mol. The van der Waals surface area contributed by atoms with Crippen LogP contribution in [0, 0.1) is 22.6 Å². The number of ether oxygens (including phenoxy) is 2. The summed E-state index contributed by atoms with van der Waals surface area (Å²) < 4.78 is 32.2. The molecule has 0 radical (unpaired) electrons. The van der Waals surface area contributed by atoms with E-state index in [1.54, 1.807) is 24.9 Å². The molecule has 15 nitrogen and oxygen atoms in total. The normalized spacial score (nSPS) is 17.2. The van der Waals surface area contributed by atoms with Crippen molar-refractivity contribution < 1.29 is 42.6 Å². The number of benzene rings is 4. The number of hydrogen-bond acceptors (Lipinski definition) is 11. The van der Waals surface area contributed by atoms with Gasteiger partial charge in [-0.25, -0.2) is 9.37 Å². The number of hydrogen-bond donors (Lipinski definition) is 3. The van der Waals surface area contributed by atoms with E-state index in [9.17, 15) is 29.5 Å². The number of amides is 4. The number of halogens is 2. The number of unbranched alkanes of at least 4 members (excludes halogenated alkanes) is 1. The van der Waals surface area contributed by atoms with Crippen molar-refractivity contribution in [1.29, 1.82) is 5.26 Å². The lowest BCUT2D eigenvalue weighted by Gasteiger charge is -2.35. The number of nitrogens with one attached hydrogen (secondary N) is 2. The highest BCUT2D eigenvalue weighted by Crippen LogP contribution is 2.40. The highest BCUT2D eigenvalue weighted by Gasteiger charge is 2.51. The van der Waals surface area contributed by atoms with E-state index in [-0.39, 0.29) is 54.1 Å². The summed E-state index contributed by atoms with van der Waals surface area (Å²) in [6, 6.07) is 25.1. The Bertz CT molecular complexity index is 2720. The van der Waals surface area contributed by atoms with Crippen molar-refractivity contribution in [1.82, 2.24) is 20.5 Å². The molecule has 2 aliphatic heterocycles. The summed E-state index contributed by atoms with van der Waals surface area (Å²) in [5.41, 5.74) is 2.11. The van der Waals surface area contributed by atoms with Gasteiger partial charge in [-0.05, 0) is 97.4 Å². The van der Waals surface area contributed by atoms with Crippen LogP contribution in [-0.4, -0.2) is 93.8 Å². The van der Waals surface area contributed by atoms with Gasteiger partial charge in [0.1, 0.15) is 36.0 Å². The second kappa shape index (κ2) is 21.3. The van der Waals surface area contributed by atoms with Crippen molar-refractivity contribution in [2.45, 2.75) is 84.2 Å². The molecule has 0 spiro atoms. The van der Waals surface area contributed by atoms with Crippen LogP contribution in [0.3, 0.4) is 0 Å². The summed E-state index contributed by atoms with van der Waals surface area (Å²) in [6.45, 7) is 9.48. The lowest BCUT2D eigenvalue weighted by molar-refractivity contribution is -0.144. The minimum atomic E-state index is -1.15. The van der Waals surface area contributed by atoms with Crippen molar-refractivity contribution in [3.8, 4) is 34.3 Å². The van der Waals surface area contributed by atoms with Crippen LogP contribution in [0.2, 0.25) is 5.02 Å². The molecule has 4 aromatic carbocycles. The summed E-state index contributed by atoms with van der Waals surface area (Å²) >= 11 is 11.8. The largest absolute Gasteiger partial charge is 0.494 e. The molecule has 1 aromatic heterocycles. The molecule has 18 heteroatoms. The molecule has 0 saturated carbocycles. The SMILES string of the molecule is CC(C)(C)[C@H](NC(=O)COCCCCOc1ccc(-c2ccc(N3C(=S)N(c4ccc(C#N)c(Cl)c4F)C(=O)C3(C)C)cc2)cc1)C(=O)N1C[C@H](O)C[C@H]1C(=O)NCc1ccc(-c2cnco2)cc1. The van der Waals surface area contributed by atoms with Crippen LogP contribution >= 0.6 is 23.8 Å². The van der Waals surface area contributed by atoms with Crippen LogP contribution in [0.15, 0.2) is 102 Å². The first-order valence-electron chi connectivity index (χ1n) is 22.4. The fourth-order valence-corrected chi connectivity index (χ4v) is 8.94. The molecular formula is C51H53ClFN7O8S. The molecule has 2 saturated heterocycles. The van der Waals surface area contributed by atoms with Crippen molar-refractivity contribution in [2.75, 3.05) is 36.2 Å². The second-order valence-corrected chi connectivity index (χ2v) is 19.2. The number of thiocarbonyl (C=S) groups is 1. The Labute approximate surface area is 410 Å². The third kappa shape index (κ3) is 11.3. The maximum atomic E-state index is 15.3. The lowest BCUT2D eigenvalue weighted by atomic mass is 9.85. The molecule has 3 heterocycles. The number of nitrogens with zero attached hydrogens (tertiary/aromatic N) is 5. The Morgan fingerprint density at radius 2 is 1.65 bits per heavy atom. The van der Waals surface area contributed by atoms with E-state index in [1.165, 1.54) is 23.4 Å². The molecule has 3 atom stereocenters. The fourth-order valence-electron chi connectivity index (χ4n) is 8.22. The van der Waals surface area contributed by atoms with Crippen LogP contribution in [-0.2, 0) is 30.5 Å². The summed E-state index contributed by atoms with van der Waals surface area (Å²) in [5, 5.41) is 25.2. The van der Waals surface area contributed by atoms with Crippen molar-refractivity contribution >= 4 is 63.9 Å². The van der Waals surface area contributed by atoms with Gasteiger partial charge in [-0.1, -0.05) is 80.9 Å². The number of oxazole rings is 1. The van der Waals surface area contributed by atoms with Crippen LogP contribution in [0.5, 0.6) is 5.75 Å². The third-order valence-corrected chi connectivity index (χ3v) is 12.7. The molecule has 0 bridgehead atoms. The van der Waals surface area contributed by atoms with Crippen LogP contribution in [0.1, 0.15) is 65.0 Å². The summed E-state index contributed by atoms with van der Waals surface area (Å²) in [7, 11) is 0. The van der Waals surface area contributed by atoms with E-state index in [0.717, 1.165) is 27.2 Å². The molecule has 5 aromatic rings. The Kier molecular flexibility index (Phi) is 15.5. The monoisotopic (exact) mass is 977 g/mol. The number of aliphatic hydroxyl groups is 1. The van der Waals surface area contributed by atoms with Gasteiger partial charge in [-0.15, -0.1) is 0 Å². The first-order chi connectivity index (χ1) is 32.9. The minimum absolute atomic E-state index is 0.0354. The number of carbonyl (C=O) groups excluding carboxylic acids is 4. The van der Waals surface area contributed by atoms with Gasteiger partial charge in [0.25, 0.3) is 5.91 Å². The molecule has 69 heavy (non-hydrogen) atoms. The Hall–Kier alpha value is -6.71. The average Bonchev–Trinajstić information content (AvgIpc) is 4.05. The highest BCUT2D eigenvalue weighted by molar-refractivity contribution is 7.81. The number of likely N-dealkylation sites (tertiary alicyclic amines) is 1. The van der Waals surface area contributed by atoms with Crippen LogP contribution < -0.4 is 25.2 Å². The molecule has 0 unspecified atom stereocenters. The number of carbonyl (C=O) groups is 4. The van der Waals surface area contributed by atoms with E-state index in [4.69, 9.17) is 37.7 Å². The number of anilines is 2. The van der Waals surface area contributed by atoms with E-state index >= 15 is 4.39 Å². The number of β-amino-alcohol motifs (C(OH)–C–C–N with tert-alkyl or cyclic N) is 1. The van der Waals surface area contributed by atoms with Crippen molar-refractivity contribution in [3.63, 3.8) is 0 Å². The topological polar surface area (TPSA) is 191 Å². The number of nitriles is 1. The third-order valence-electron chi connectivity index (χ3n) is 12.0. The van der Waals surface area contributed by atoms with Crippen LogP contribution in [0.25, 0.3) is 22.5 Å². The molecule has 2 fully saturated rings. The average molecular weight is 979 g/mol. The minimum Gasteiger partial charge on any atom is -0.494 e. The quantitative estimate of drug-likeness (QED) is 0.0613. The van der Waals surface area contributed by atoms with Gasteiger partial charge in [0.15, 0.2) is 23.1 Å². The summed E-state index contributed by atoms with van der Waals surface area (Å²) in [6.07, 6.45) is 3.42. The van der Waals surface area contributed by atoms with E-state index in [2.05, 4.69) is 15.6 Å². The predicted octanol–water partition coefficient (Wildman–Crippen LogP) is 7.57. The Morgan fingerprint density at radius 3 is 2.29 bits per heavy atom. The van der Waals surface area contributed by atoms with Gasteiger partial charge in [0, 0.05) is 37.4 Å². The molecule has 3 N–H and O–H groups in total. The maximum Gasteiger partial charge on any atom is 0.259 e. The lowest BCUT2D eigenvalue weighted by Crippen LogP contribution is -2.58. The van der Waals surface area contributed by atoms with Crippen molar-refractivity contribution in [3.05, 3.63) is 119 Å². The standard InChI is InChI=1S/C51H53ClFN7O8S/c1-50(2,3)45(47(64)58-28-37(61)24-40(58)46(63)56-26-31-8-10-34(11-9-31)41-27-55-30-68-41)57-42(62)29-66-22-6-7-23-67-38-19-14-33(15-20-38)32-12-17-36(18-13-32)60-49(69)59(48(65)51(60,4)5)39-21-16-35(25-54)43(52)44(39)53/h8-21,27,30,37,40,45,61H,6-7,22-24,26,28-29H2,1-5H3,(H,56,63)(H,57,62)/t37-,40+,45-/m1/s1. The number of aliphatic hydroxyl groups excluding tert-OH is 1. The highest BCUT2D eigenvalue weighted by atomic mass is 35.5. The van der Waals surface area contributed by atoms with Gasteiger partial charge in [-0.2, -0.15) is 5.26 Å². The van der Waals surface area contributed by atoms with E-state index in [1.807, 2.05) is 99.6 Å². The number of rotatable bonds is 17. The molecular weight excluding hydrogens is 925 g/mol. The zero-order chi connectivity index (χ0) is 49.6. The maximum absolute atomic E-state index is 15.3. The van der Waals surface area contributed by atoms with Gasteiger partial charge >= 0.3 is 0 Å². The summed E-state index contributed by atoms with van der Waals surface area (Å²) in [4.78, 5) is 62.1. The Morgan fingerprint density at radius 1 is 1.00 bits per heavy atom. The van der Waals surface area contributed by atoms with E-state index < -0.39 is 58.6 Å². The molecule has 0 aliphatic carbocycles. The van der Waals surface area contributed by atoms with Gasteiger partial charge in [0.05, 0.1) is 35.2 Å². The first-order valence-corrected chi connectivity index (χ1v) is 23.2. The number of aromatic nitrogens is 1. The molecule has 360 valence electrons. The molecule has 7 rings (SSSR count). The zero-order valence-electron chi connectivity index (χ0n) is 38.8. The Balaban J connectivity index is 0.836. The van der Waals surface area contributed by atoms with E-state index in [0.29, 0.717) is 36.6 Å². The van der Waals surface area contributed by atoms with Gasteiger partial charge in [0.2, 0.25) is 17.7 Å². The van der Waals surface area contributed by atoms with Crippen LogP contribution in [0.4, 0.5) is 15.8 Å². The van der Waals surface area contributed by atoms with Crippen molar-refractivity contribution in [2.24, 2.45) is 5.41 Å². The zero-order valence-corrected chi connectivity index (χ0v) is 40.4. The van der Waals surface area contributed by atoms with Gasteiger partial charge in [-0.3, -0.25) is 24.1 Å². The fraction of sp³-hybridized carbons (Fsp3) is 0.353. The first kappa shape index (κ1) is 50.2.